The molecule has 0 spiro atoms. The van der Waals surface area contributed by atoms with Crippen molar-refractivity contribution in [3.63, 3.8) is 0 Å². The second kappa shape index (κ2) is 11.2. The van der Waals surface area contributed by atoms with Crippen LogP contribution in [0.3, 0.4) is 0 Å². The van der Waals surface area contributed by atoms with E-state index in [1.54, 1.807) is 12.1 Å². The van der Waals surface area contributed by atoms with E-state index in [1.165, 1.54) is 17.0 Å². The predicted molar refractivity (Wildman–Crippen MR) is 102 cm³/mol. The number of carbonyl (C=O) groups excluding carboxylic acids is 1. The number of hydrogen-bond acceptors (Lipinski definition) is 5. The number of nitrogens with zero attached hydrogens (tertiary/aromatic N) is 2. The summed E-state index contributed by atoms with van der Waals surface area (Å²) in [6.45, 7) is 3.38. The van der Waals surface area contributed by atoms with Crippen molar-refractivity contribution in [2.45, 2.75) is 37.5 Å². The number of piperidine rings is 1. The maximum absolute atomic E-state index is 13.0. The summed E-state index contributed by atoms with van der Waals surface area (Å²) < 4.78 is 50.1. The Labute approximate surface area is 181 Å². The first-order valence-electron chi connectivity index (χ1n) is 9.87. The van der Waals surface area contributed by atoms with E-state index in [0.717, 1.165) is 19.5 Å². The van der Waals surface area contributed by atoms with Gasteiger partial charge in [-0.2, -0.15) is 13.2 Å². The van der Waals surface area contributed by atoms with Crippen LogP contribution in [0.2, 0.25) is 0 Å². The van der Waals surface area contributed by atoms with Gasteiger partial charge in [0.2, 0.25) is 5.91 Å². The van der Waals surface area contributed by atoms with E-state index >= 15 is 0 Å². The first kappa shape index (κ1) is 25.5. The summed E-state index contributed by atoms with van der Waals surface area (Å²) in [5.74, 6) is -4.30. The van der Waals surface area contributed by atoms with Crippen LogP contribution in [0.5, 0.6) is 0 Å². The highest BCUT2D eigenvalue weighted by molar-refractivity contribution is 5.85. The lowest BCUT2D eigenvalue weighted by Crippen LogP contribution is -2.56. The Morgan fingerprint density at radius 2 is 1.59 bits per heavy atom. The molecule has 8 nitrogen and oxygen atoms in total. The van der Waals surface area contributed by atoms with E-state index < -0.39 is 24.2 Å². The number of carboxylic acid groups (broad SMARTS) is 2. The third-order valence-electron chi connectivity index (χ3n) is 5.25. The lowest BCUT2D eigenvalue weighted by molar-refractivity contribution is -0.192. The summed E-state index contributed by atoms with van der Waals surface area (Å²) in [7, 11) is 0. The second-order valence-corrected chi connectivity index (χ2v) is 7.37. The summed E-state index contributed by atoms with van der Waals surface area (Å²) in [6, 6.07) is 5.09. The number of hydrogen-bond donors (Lipinski definition) is 2. The van der Waals surface area contributed by atoms with Gasteiger partial charge in [-0.3, -0.25) is 9.69 Å². The molecular formula is C20H24F4N2O6. The molecule has 0 saturated carbocycles. The number of halogens is 4. The van der Waals surface area contributed by atoms with E-state index in [-0.39, 0.29) is 24.2 Å². The van der Waals surface area contributed by atoms with E-state index in [4.69, 9.17) is 14.6 Å². The van der Waals surface area contributed by atoms with Crippen molar-refractivity contribution in [2.75, 3.05) is 32.8 Å². The fraction of sp³-hybridized carbons (Fsp3) is 0.550. The van der Waals surface area contributed by atoms with Gasteiger partial charge in [-0.25, -0.2) is 14.0 Å². The summed E-state index contributed by atoms with van der Waals surface area (Å²) >= 11 is 0. The predicted octanol–water partition coefficient (Wildman–Crippen LogP) is 1.78. The Kier molecular flexibility index (Phi) is 8.96. The molecule has 2 fully saturated rings. The molecule has 0 radical (unpaired) electrons. The van der Waals surface area contributed by atoms with E-state index in [0.29, 0.717) is 31.7 Å². The maximum Gasteiger partial charge on any atom is 0.490 e. The van der Waals surface area contributed by atoms with E-state index in [1.807, 2.05) is 0 Å². The molecule has 2 atom stereocenters. The lowest BCUT2D eigenvalue weighted by atomic mass is 9.94. The molecule has 2 aliphatic heterocycles. The van der Waals surface area contributed by atoms with Crippen molar-refractivity contribution in [2.24, 2.45) is 0 Å². The molecule has 0 aromatic heterocycles. The number of morpholine rings is 1. The molecule has 3 rings (SSSR count). The molecule has 2 N–H and O–H groups in total. The normalized spacial score (nSPS) is 21.9. The number of aliphatic carboxylic acids is 2. The third-order valence-corrected chi connectivity index (χ3v) is 5.25. The molecule has 1 aromatic carbocycles. The van der Waals surface area contributed by atoms with Gasteiger partial charge in [0.15, 0.2) is 0 Å². The molecule has 1 amide bonds. The number of likely N-dealkylation sites (tertiary alicyclic amines) is 1. The van der Waals surface area contributed by atoms with Crippen molar-refractivity contribution >= 4 is 17.8 Å². The largest absolute Gasteiger partial charge is 0.490 e. The van der Waals surface area contributed by atoms with Crippen molar-refractivity contribution < 1.29 is 46.9 Å². The van der Waals surface area contributed by atoms with Crippen molar-refractivity contribution in [1.29, 1.82) is 0 Å². The van der Waals surface area contributed by atoms with Gasteiger partial charge in [0, 0.05) is 25.7 Å². The number of rotatable bonds is 4. The molecule has 2 aliphatic rings. The van der Waals surface area contributed by atoms with Gasteiger partial charge >= 0.3 is 18.1 Å². The molecule has 178 valence electrons. The fourth-order valence-electron chi connectivity index (χ4n) is 3.63. The number of ether oxygens (including phenoxy) is 1. The Morgan fingerprint density at radius 3 is 2.09 bits per heavy atom. The van der Waals surface area contributed by atoms with Crippen LogP contribution in [0.15, 0.2) is 24.3 Å². The van der Waals surface area contributed by atoms with Crippen LogP contribution in [-0.2, 0) is 25.5 Å². The maximum atomic E-state index is 13.0. The summed E-state index contributed by atoms with van der Waals surface area (Å²) in [4.78, 5) is 36.9. The number of benzene rings is 1. The highest BCUT2D eigenvalue weighted by Crippen LogP contribution is 2.24. The standard InChI is InChI=1S/C18H23FN2O4.C2HF3O2/c19-14-3-1-13(2-4-14)11-17(22)21-6-5-15(12-16(21)18(23)24)20-7-9-25-10-8-20;3-2(4,5)1(6)7/h1-4,15-16H,5-12H2,(H,23,24);(H,6,7). The van der Waals surface area contributed by atoms with Gasteiger partial charge in [0.25, 0.3) is 0 Å². The van der Waals surface area contributed by atoms with Gasteiger partial charge < -0.3 is 19.8 Å². The number of carboxylic acids is 2. The lowest BCUT2D eigenvalue weighted by Gasteiger charge is -2.43. The van der Waals surface area contributed by atoms with Crippen LogP contribution < -0.4 is 0 Å². The number of alkyl halides is 3. The zero-order valence-electron chi connectivity index (χ0n) is 17.1. The highest BCUT2D eigenvalue weighted by Gasteiger charge is 2.39. The molecule has 2 unspecified atom stereocenters. The molecule has 0 aliphatic carbocycles. The second-order valence-electron chi connectivity index (χ2n) is 7.37. The van der Waals surface area contributed by atoms with Gasteiger partial charge in [-0.1, -0.05) is 12.1 Å². The van der Waals surface area contributed by atoms with Crippen LogP contribution >= 0.6 is 0 Å². The first-order chi connectivity index (χ1) is 15.0. The fourth-order valence-corrected chi connectivity index (χ4v) is 3.63. The summed E-state index contributed by atoms with van der Waals surface area (Å²) in [5.41, 5.74) is 0.686. The Balaban J connectivity index is 0.000000451. The van der Waals surface area contributed by atoms with Crippen LogP contribution in [-0.4, -0.2) is 89.0 Å². The van der Waals surface area contributed by atoms with Gasteiger partial charge in [0.1, 0.15) is 11.9 Å². The van der Waals surface area contributed by atoms with E-state index in [9.17, 15) is 32.3 Å². The topological polar surface area (TPSA) is 107 Å². The molecule has 2 saturated heterocycles. The Bertz CT molecular complexity index is 796. The SMILES string of the molecule is O=C(O)C(F)(F)F.O=C(O)C1CC(N2CCOCC2)CCN1C(=O)Cc1ccc(F)cc1. The molecular weight excluding hydrogens is 440 g/mol. The molecule has 2 heterocycles. The first-order valence-corrected chi connectivity index (χ1v) is 9.87. The summed E-state index contributed by atoms with van der Waals surface area (Å²) in [6.07, 6.45) is -3.80. The van der Waals surface area contributed by atoms with Crippen molar-refractivity contribution in [1.82, 2.24) is 9.80 Å². The van der Waals surface area contributed by atoms with Crippen LogP contribution in [0.4, 0.5) is 17.6 Å². The molecule has 12 heteroatoms. The minimum atomic E-state index is -5.08. The quantitative estimate of drug-likeness (QED) is 0.654. The van der Waals surface area contributed by atoms with Crippen LogP contribution in [0, 0.1) is 5.82 Å². The monoisotopic (exact) mass is 464 g/mol. The minimum absolute atomic E-state index is 0.0896. The van der Waals surface area contributed by atoms with Crippen molar-refractivity contribution in [3.8, 4) is 0 Å². The zero-order valence-corrected chi connectivity index (χ0v) is 17.1. The smallest absolute Gasteiger partial charge is 0.480 e. The summed E-state index contributed by atoms with van der Waals surface area (Å²) in [5, 5.41) is 16.7. The Hall–Kier alpha value is -2.73. The average molecular weight is 464 g/mol. The third kappa shape index (κ3) is 7.45. The highest BCUT2D eigenvalue weighted by atomic mass is 19.4. The number of amides is 1. The van der Waals surface area contributed by atoms with Crippen LogP contribution in [0.1, 0.15) is 18.4 Å². The van der Waals surface area contributed by atoms with Crippen molar-refractivity contribution in [3.05, 3.63) is 35.6 Å². The molecule has 0 bridgehead atoms. The van der Waals surface area contributed by atoms with E-state index in [2.05, 4.69) is 4.90 Å². The van der Waals surface area contributed by atoms with Crippen LogP contribution in [0.25, 0.3) is 0 Å². The number of carbonyl (C=O) groups is 3. The van der Waals surface area contributed by atoms with Gasteiger partial charge in [-0.05, 0) is 30.5 Å². The van der Waals surface area contributed by atoms with Gasteiger partial charge in [-0.15, -0.1) is 0 Å². The zero-order chi connectivity index (χ0) is 23.9. The molecule has 32 heavy (non-hydrogen) atoms. The Morgan fingerprint density at radius 1 is 1.03 bits per heavy atom. The average Bonchev–Trinajstić information content (AvgIpc) is 2.75. The van der Waals surface area contributed by atoms with Gasteiger partial charge in [0.05, 0.1) is 19.6 Å². The molecule has 1 aromatic rings. The minimum Gasteiger partial charge on any atom is -0.480 e.